The third-order valence-electron chi connectivity index (χ3n) is 3.99. The minimum Gasteiger partial charge on any atom is -0.392 e. The molecule has 190 valence electrons. The molecule has 21 heteroatoms. The van der Waals surface area contributed by atoms with Crippen molar-refractivity contribution >= 4 is 23.5 Å². The first-order valence-corrected chi connectivity index (χ1v) is 13.2. The van der Waals surface area contributed by atoms with E-state index in [0.29, 0.717) is 0 Å². The Morgan fingerprint density at radius 2 is 1.70 bits per heavy atom. The Bertz CT molecular complexity index is 1110. The monoisotopic (exact) mass is 542 g/mol. The average Bonchev–Trinajstić information content (AvgIpc) is 2.87. The number of aliphatic hydroxyl groups excluding tert-OH is 3. The zero-order chi connectivity index (χ0) is 25.4. The summed E-state index contributed by atoms with van der Waals surface area (Å²) in [5, 5.41) is 29.8. The van der Waals surface area contributed by atoms with Gasteiger partial charge < -0.3 is 39.6 Å². The molecule has 2 rings (SSSR count). The van der Waals surface area contributed by atoms with Gasteiger partial charge in [0, 0.05) is 6.20 Å². The molecule has 1 fully saturated rings. The largest absolute Gasteiger partial charge is 0.490 e. The Labute approximate surface area is 183 Å². The Hall–Kier alpha value is -1.07. The second kappa shape index (κ2) is 10.3. The lowest BCUT2D eigenvalue weighted by Gasteiger charge is -2.19. The Balaban J connectivity index is 2.14. The molecule has 7 atom stereocenters. The van der Waals surface area contributed by atoms with E-state index in [1.54, 1.807) is 0 Å². The van der Waals surface area contributed by atoms with Gasteiger partial charge in [0.15, 0.2) is 0 Å². The maximum atomic E-state index is 12.1. The van der Waals surface area contributed by atoms with Crippen LogP contribution in [0.5, 0.6) is 0 Å². The third-order valence-corrected chi connectivity index (χ3v) is 7.79. The van der Waals surface area contributed by atoms with E-state index in [1.165, 1.54) is 6.92 Å². The van der Waals surface area contributed by atoms with Crippen molar-refractivity contribution in [3.05, 3.63) is 32.6 Å². The summed E-state index contributed by atoms with van der Waals surface area (Å²) in [7, 11) is -16.9. The number of nitrogens with zero attached hydrogens (tertiary/aromatic N) is 1. The number of rotatable bonds is 10. The van der Waals surface area contributed by atoms with Crippen LogP contribution in [-0.4, -0.2) is 75.5 Å². The predicted molar refractivity (Wildman–Crippen MR) is 102 cm³/mol. The van der Waals surface area contributed by atoms with Gasteiger partial charge in [0.2, 0.25) is 0 Å². The molecule has 1 aromatic rings. The second-order valence-electron chi connectivity index (χ2n) is 6.81. The van der Waals surface area contributed by atoms with Crippen LogP contribution in [0, 0.1) is 0 Å². The molecule has 0 spiro atoms. The summed E-state index contributed by atoms with van der Waals surface area (Å²) in [6, 6.07) is 0. The molecule has 18 nitrogen and oxygen atoms in total. The predicted octanol–water partition coefficient (Wildman–Crippen LogP) is -2.58. The van der Waals surface area contributed by atoms with Crippen molar-refractivity contribution in [3.63, 3.8) is 0 Å². The maximum absolute atomic E-state index is 12.1. The molecule has 0 bridgehead atoms. The number of aliphatic hydroxyl groups is 3. The first-order valence-electron chi connectivity index (χ1n) is 8.72. The first-order chi connectivity index (χ1) is 14.9. The highest BCUT2D eigenvalue weighted by Crippen LogP contribution is 2.66. The first kappa shape index (κ1) is 28.2. The Morgan fingerprint density at radius 1 is 1.09 bits per heavy atom. The minimum atomic E-state index is -5.76. The molecule has 2 heterocycles. The molecule has 0 aromatic carbocycles. The lowest BCUT2D eigenvalue weighted by molar-refractivity contribution is -0.0228. The highest BCUT2D eigenvalue weighted by atomic mass is 31.3. The summed E-state index contributed by atoms with van der Waals surface area (Å²) in [5.74, 6) is 0. The van der Waals surface area contributed by atoms with E-state index in [0.717, 1.165) is 10.8 Å². The van der Waals surface area contributed by atoms with Gasteiger partial charge in [-0.2, -0.15) is 8.62 Å². The third kappa shape index (κ3) is 7.99. The zero-order valence-electron chi connectivity index (χ0n) is 16.5. The van der Waals surface area contributed by atoms with Gasteiger partial charge in [-0.05, 0) is 6.92 Å². The SMILES string of the molecule is CC(O)Cn1cc([C@@H]2O[C@H](COP(=O)(O)OP(=O)(O)OP(=O)(O)O)[C@@H](O)[C@H]2O)c(=O)[nH]c1=O. The van der Waals surface area contributed by atoms with Crippen LogP contribution in [0.1, 0.15) is 18.6 Å². The molecule has 33 heavy (non-hydrogen) atoms. The number of ether oxygens (including phenoxy) is 1. The summed E-state index contributed by atoms with van der Waals surface area (Å²) in [5.41, 5.74) is -2.21. The van der Waals surface area contributed by atoms with Crippen molar-refractivity contribution in [2.24, 2.45) is 0 Å². The van der Waals surface area contributed by atoms with Gasteiger partial charge in [0.1, 0.15) is 24.4 Å². The van der Waals surface area contributed by atoms with Crippen molar-refractivity contribution in [2.45, 2.75) is 44.0 Å². The van der Waals surface area contributed by atoms with E-state index >= 15 is 0 Å². The number of phosphoric ester groups is 1. The van der Waals surface area contributed by atoms with Gasteiger partial charge in [-0.15, -0.1) is 0 Å². The van der Waals surface area contributed by atoms with Crippen molar-refractivity contribution < 1.29 is 66.5 Å². The fraction of sp³-hybridized carbons (Fsp3) is 0.667. The summed E-state index contributed by atoms with van der Waals surface area (Å²) in [6.07, 6.45) is -6.85. The lowest BCUT2D eigenvalue weighted by atomic mass is 10.0. The van der Waals surface area contributed by atoms with Gasteiger partial charge in [-0.25, -0.2) is 18.5 Å². The molecule has 8 N–H and O–H groups in total. The number of nitrogens with one attached hydrogen (secondary N) is 1. The van der Waals surface area contributed by atoms with E-state index in [1.807, 2.05) is 4.98 Å². The van der Waals surface area contributed by atoms with E-state index in [9.17, 15) is 43.5 Å². The quantitative estimate of drug-likeness (QED) is 0.141. The van der Waals surface area contributed by atoms with Crippen LogP contribution in [0.4, 0.5) is 0 Å². The molecule has 3 unspecified atom stereocenters. The molecule has 0 saturated carbocycles. The molecule has 0 aliphatic carbocycles. The molecule has 0 radical (unpaired) electrons. The molecule has 1 aromatic heterocycles. The van der Waals surface area contributed by atoms with Crippen LogP contribution in [0.15, 0.2) is 15.8 Å². The number of aromatic nitrogens is 2. The molecule has 1 aliphatic rings. The van der Waals surface area contributed by atoms with Gasteiger partial charge in [-0.3, -0.25) is 18.9 Å². The topological polar surface area (TPSA) is 285 Å². The van der Waals surface area contributed by atoms with E-state index in [2.05, 4.69) is 13.1 Å². The number of hydrogen-bond donors (Lipinski definition) is 8. The summed E-state index contributed by atoms with van der Waals surface area (Å²) < 4.78 is 51.3. The van der Waals surface area contributed by atoms with E-state index < -0.39 is 71.8 Å². The molecule has 1 saturated heterocycles. The molecular weight excluding hydrogens is 521 g/mol. The standard InChI is InChI=1S/C12H21N2O16P3/c1-5(15)2-14-3-6(11(18)13-12(14)19)10-9(17)8(16)7(28-10)4-27-32(23,24)30-33(25,26)29-31(20,21)22/h3,5,7-10,15-17H,2,4H2,1H3,(H,23,24)(H,25,26)(H,13,18,19)(H2,20,21,22)/t5?,7-,8-,9-,10+/m1/s1. The molecular formula is C12H21N2O16P3. The van der Waals surface area contributed by atoms with Crippen LogP contribution >= 0.6 is 23.5 Å². The minimum absolute atomic E-state index is 0.233. The Kier molecular flexibility index (Phi) is 8.77. The summed E-state index contributed by atoms with van der Waals surface area (Å²) in [6.45, 7) is 0.0494. The number of aromatic amines is 1. The summed E-state index contributed by atoms with van der Waals surface area (Å²) in [4.78, 5) is 61.4. The van der Waals surface area contributed by atoms with E-state index in [-0.39, 0.29) is 12.1 Å². The van der Waals surface area contributed by atoms with Crippen molar-refractivity contribution in [2.75, 3.05) is 6.61 Å². The van der Waals surface area contributed by atoms with Crippen LogP contribution in [-0.2, 0) is 38.1 Å². The Morgan fingerprint density at radius 3 is 2.24 bits per heavy atom. The van der Waals surface area contributed by atoms with Crippen LogP contribution in [0.25, 0.3) is 0 Å². The number of H-pyrrole nitrogens is 1. The van der Waals surface area contributed by atoms with Gasteiger partial charge in [0.25, 0.3) is 5.56 Å². The fourth-order valence-corrected chi connectivity index (χ4v) is 5.79. The number of phosphoric acid groups is 3. The van der Waals surface area contributed by atoms with Gasteiger partial charge >= 0.3 is 29.2 Å². The van der Waals surface area contributed by atoms with Crippen molar-refractivity contribution in [1.82, 2.24) is 9.55 Å². The average molecular weight is 542 g/mol. The lowest BCUT2D eigenvalue weighted by Crippen LogP contribution is -2.37. The van der Waals surface area contributed by atoms with Crippen LogP contribution in [0.2, 0.25) is 0 Å². The normalized spacial score (nSPS) is 28.2. The van der Waals surface area contributed by atoms with Crippen molar-refractivity contribution in [1.29, 1.82) is 0 Å². The van der Waals surface area contributed by atoms with Crippen molar-refractivity contribution in [3.8, 4) is 0 Å². The second-order valence-corrected chi connectivity index (χ2v) is 11.2. The highest BCUT2D eigenvalue weighted by Gasteiger charge is 2.47. The zero-order valence-corrected chi connectivity index (χ0v) is 19.2. The number of hydrogen-bond acceptors (Lipinski definition) is 12. The maximum Gasteiger partial charge on any atom is 0.490 e. The van der Waals surface area contributed by atoms with Gasteiger partial charge in [-0.1, -0.05) is 0 Å². The fourth-order valence-electron chi connectivity index (χ4n) is 2.76. The van der Waals surface area contributed by atoms with Crippen LogP contribution in [0.3, 0.4) is 0 Å². The molecule has 1 aliphatic heterocycles. The van der Waals surface area contributed by atoms with Crippen LogP contribution < -0.4 is 11.2 Å². The highest BCUT2D eigenvalue weighted by molar-refractivity contribution is 7.66. The smallest absolute Gasteiger partial charge is 0.392 e. The molecule has 0 amide bonds. The summed E-state index contributed by atoms with van der Waals surface area (Å²) >= 11 is 0. The van der Waals surface area contributed by atoms with Gasteiger partial charge in [0.05, 0.1) is 24.8 Å². The van der Waals surface area contributed by atoms with E-state index in [4.69, 9.17) is 19.4 Å².